The Morgan fingerprint density at radius 1 is 1.17 bits per heavy atom. The predicted octanol–water partition coefficient (Wildman–Crippen LogP) is 2.99. The molecule has 0 radical (unpaired) electrons. The van der Waals surface area contributed by atoms with Crippen LogP contribution in [-0.2, 0) is 9.59 Å². The van der Waals surface area contributed by atoms with E-state index in [2.05, 4.69) is 5.32 Å². The van der Waals surface area contributed by atoms with Crippen molar-refractivity contribution in [1.29, 1.82) is 0 Å². The summed E-state index contributed by atoms with van der Waals surface area (Å²) in [5.41, 5.74) is 0.685. The second kappa shape index (κ2) is 6.79. The maximum atomic E-state index is 11.7. The molecule has 0 aliphatic rings. The van der Waals surface area contributed by atoms with Crippen molar-refractivity contribution in [3.8, 4) is 5.75 Å². The lowest BCUT2D eigenvalue weighted by molar-refractivity contribution is -0.139. The lowest BCUT2D eigenvalue weighted by atomic mass is 10.0. The molecule has 98 valence electrons. The maximum Gasteiger partial charge on any atom is 0.314 e. The third-order valence-electron chi connectivity index (χ3n) is 2.71. The van der Waals surface area contributed by atoms with Crippen molar-refractivity contribution in [1.82, 2.24) is 0 Å². The Labute approximate surface area is 107 Å². The highest BCUT2D eigenvalue weighted by molar-refractivity contribution is 5.88. The van der Waals surface area contributed by atoms with Crippen molar-refractivity contribution >= 4 is 17.6 Å². The molecule has 4 nitrogen and oxygen atoms in total. The molecule has 0 aliphatic carbocycles. The summed E-state index contributed by atoms with van der Waals surface area (Å²) < 4.78 is 5.27. The van der Waals surface area contributed by atoms with Gasteiger partial charge < -0.3 is 10.1 Å². The zero-order valence-electron chi connectivity index (χ0n) is 11.0. The smallest absolute Gasteiger partial charge is 0.314 e. The van der Waals surface area contributed by atoms with E-state index in [1.54, 1.807) is 24.3 Å². The van der Waals surface area contributed by atoms with Gasteiger partial charge in [-0.25, -0.2) is 0 Å². The van der Waals surface area contributed by atoms with E-state index in [9.17, 15) is 9.59 Å². The fraction of sp³-hybridized carbons (Fsp3) is 0.429. The Morgan fingerprint density at radius 3 is 2.17 bits per heavy atom. The van der Waals surface area contributed by atoms with E-state index >= 15 is 0 Å². The fourth-order valence-corrected chi connectivity index (χ4v) is 1.63. The van der Waals surface area contributed by atoms with Gasteiger partial charge >= 0.3 is 5.97 Å². The number of rotatable bonds is 5. The minimum Gasteiger partial charge on any atom is -0.426 e. The van der Waals surface area contributed by atoms with Gasteiger partial charge in [-0.2, -0.15) is 0 Å². The summed E-state index contributed by atoms with van der Waals surface area (Å²) in [4.78, 5) is 22.6. The van der Waals surface area contributed by atoms with E-state index < -0.39 is 0 Å². The van der Waals surface area contributed by atoms with Gasteiger partial charge in [-0.3, -0.25) is 9.59 Å². The average molecular weight is 249 g/mol. The molecule has 1 amide bonds. The number of carbonyl (C=O) groups excluding carboxylic acids is 2. The summed E-state index contributed by atoms with van der Waals surface area (Å²) in [6, 6.07) is 6.75. The predicted molar refractivity (Wildman–Crippen MR) is 70.5 cm³/mol. The van der Waals surface area contributed by atoms with Crippen molar-refractivity contribution < 1.29 is 14.3 Å². The van der Waals surface area contributed by atoms with Crippen molar-refractivity contribution in [2.75, 3.05) is 5.32 Å². The molecule has 0 aromatic heterocycles. The van der Waals surface area contributed by atoms with Crippen LogP contribution >= 0.6 is 0 Å². The van der Waals surface area contributed by atoms with Crippen LogP contribution in [0.1, 0.15) is 33.6 Å². The van der Waals surface area contributed by atoms with Gasteiger partial charge in [0.15, 0.2) is 0 Å². The number of benzene rings is 1. The molecule has 0 saturated carbocycles. The van der Waals surface area contributed by atoms with Crippen LogP contribution < -0.4 is 10.1 Å². The highest BCUT2D eigenvalue weighted by Gasteiger charge is 2.16. The fourth-order valence-electron chi connectivity index (χ4n) is 1.63. The number of carbonyl (C=O) groups is 2. The second-order valence-corrected chi connectivity index (χ2v) is 4.14. The molecule has 4 heteroatoms. The average Bonchev–Trinajstić information content (AvgIpc) is 2.32. The van der Waals surface area contributed by atoms with Crippen LogP contribution in [0.3, 0.4) is 0 Å². The first-order valence-electron chi connectivity index (χ1n) is 6.16. The van der Waals surface area contributed by atoms with Crippen LogP contribution in [0.5, 0.6) is 5.75 Å². The number of anilines is 1. The number of amides is 1. The molecular weight excluding hydrogens is 230 g/mol. The second-order valence-electron chi connectivity index (χ2n) is 4.14. The van der Waals surface area contributed by atoms with E-state index in [-0.39, 0.29) is 17.8 Å². The van der Waals surface area contributed by atoms with Gasteiger partial charge in [0.2, 0.25) is 5.91 Å². The van der Waals surface area contributed by atoms with Crippen LogP contribution in [0, 0.1) is 5.92 Å². The first kappa shape index (κ1) is 14.2. The number of ether oxygens (including phenoxy) is 1. The number of nitrogens with one attached hydrogen (secondary N) is 1. The highest BCUT2D eigenvalue weighted by atomic mass is 16.5. The molecule has 0 saturated heterocycles. The topological polar surface area (TPSA) is 55.4 Å². The van der Waals surface area contributed by atoms with Gasteiger partial charge in [0.25, 0.3) is 0 Å². The van der Waals surface area contributed by atoms with Crippen LogP contribution in [-0.4, -0.2) is 11.9 Å². The number of hydrogen-bond acceptors (Lipinski definition) is 3. The van der Waals surface area contributed by atoms with Crippen molar-refractivity contribution in [2.45, 2.75) is 33.6 Å². The molecule has 0 fully saturated rings. The van der Waals surface area contributed by atoms with Gasteiger partial charge in [0.05, 0.1) is 5.92 Å². The molecule has 0 heterocycles. The van der Waals surface area contributed by atoms with E-state index in [0.717, 1.165) is 12.8 Å². The maximum absolute atomic E-state index is 11.7. The lowest BCUT2D eigenvalue weighted by Crippen LogP contribution is -2.19. The van der Waals surface area contributed by atoms with Crippen LogP contribution in [0.15, 0.2) is 24.3 Å². The van der Waals surface area contributed by atoms with E-state index in [1.165, 1.54) is 6.92 Å². The molecule has 0 spiro atoms. The third kappa shape index (κ3) is 4.20. The van der Waals surface area contributed by atoms with Gasteiger partial charge in [-0.15, -0.1) is 0 Å². The van der Waals surface area contributed by atoms with Crippen LogP contribution in [0.4, 0.5) is 5.69 Å². The first-order valence-corrected chi connectivity index (χ1v) is 6.16. The zero-order valence-corrected chi connectivity index (χ0v) is 11.0. The monoisotopic (exact) mass is 249 g/mol. The highest BCUT2D eigenvalue weighted by Crippen LogP contribution is 2.18. The standard InChI is InChI=1S/C14H19NO3/c1-4-11(5-2)14(17)18-13-8-6-12(7-9-13)15-10(3)16/h6-9,11H,4-5H2,1-3H3,(H,15,16). The summed E-state index contributed by atoms with van der Waals surface area (Å²) >= 11 is 0. The van der Waals surface area contributed by atoms with E-state index in [1.807, 2.05) is 13.8 Å². The Morgan fingerprint density at radius 2 is 1.72 bits per heavy atom. The van der Waals surface area contributed by atoms with E-state index in [0.29, 0.717) is 11.4 Å². The summed E-state index contributed by atoms with van der Waals surface area (Å²) in [6.07, 6.45) is 1.55. The molecule has 0 atom stereocenters. The summed E-state index contributed by atoms with van der Waals surface area (Å²) in [5.74, 6) is 0.116. The molecular formula is C14H19NO3. The first-order chi connectivity index (χ1) is 8.56. The largest absolute Gasteiger partial charge is 0.426 e. The summed E-state index contributed by atoms with van der Waals surface area (Å²) in [5, 5.41) is 2.65. The molecule has 0 bridgehead atoms. The minimum atomic E-state index is -0.202. The van der Waals surface area contributed by atoms with Crippen molar-refractivity contribution in [3.63, 3.8) is 0 Å². The van der Waals surface area contributed by atoms with Gasteiger partial charge in [0, 0.05) is 12.6 Å². The molecule has 0 aliphatic heterocycles. The molecule has 1 rings (SSSR count). The Kier molecular flexibility index (Phi) is 5.36. The Balaban J connectivity index is 2.63. The zero-order chi connectivity index (χ0) is 13.5. The van der Waals surface area contributed by atoms with Gasteiger partial charge in [-0.05, 0) is 37.1 Å². The number of esters is 1. The van der Waals surface area contributed by atoms with Gasteiger partial charge in [-0.1, -0.05) is 13.8 Å². The normalized spacial score (nSPS) is 10.2. The number of hydrogen-bond donors (Lipinski definition) is 1. The summed E-state index contributed by atoms with van der Waals surface area (Å²) in [6.45, 7) is 5.38. The third-order valence-corrected chi connectivity index (χ3v) is 2.71. The van der Waals surface area contributed by atoms with Crippen LogP contribution in [0.25, 0.3) is 0 Å². The van der Waals surface area contributed by atoms with Gasteiger partial charge in [0.1, 0.15) is 5.75 Å². The molecule has 1 aromatic carbocycles. The molecule has 1 aromatic rings. The minimum absolute atomic E-state index is 0.0555. The molecule has 1 N–H and O–H groups in total. The van der Waals surface area contributed by atoms with Crippen molar-refractivity contribution in [3.05, 3.63) is 24.3 Å². The summed E-state index contributed by atoms with van der Waals surface area (Å²) in [7, 11) is 0. The SMILES string of the molecule is CCC(CC)C(=O)Oc1ccc(NC(C)=O)cc1. The molecule has 0 unspecified atom stereocenters. The Hall–Kier alpha value is -1.84. The Bertz CT molecular complexity index is 408. The van der Waals surface area contributed by atoms with Crippen LogP contribution in [0.2, 0.25) is 0 Å². The van der Waals surface area contributed by atoms with Crippen molar-refractivity contribution in [2.24, 2.45) is 5.92 Å². The van der Waals surface area contributed by atoms with E-state index in [4.69, 9.17) is 4.74 Å². The quantitative estimate of drug-likeness (QED) is 0.644. The molecule has 18 heavy (non-hydrogen) atoms. The lowest BCUT2D eigenvalue weighted by Gasteiger charge is -2.11.